The third-order valence-corrected chi connectivity index (χ3v) is 7.75. The van der Waals surface area contributed by atoms with Gasteiger partial charge in [0.1, 0.15) is 0 Å². The first kappa shape index (κ1) is 25.0. The van der Waals surface area contributed by atoms with Gasteiger partial charge in [-0.2, -0.15) is 4.98 Å². The fraction of sp³-hybridized carbons (Fsp3) is 0.222. The summed E-state index contributed by atoms with van der Waals surface area (Å²) < 4.78 is 33.1. The molecule has 4 rings (SSSR count). The maximum absolute atomic E-state index is 13.6. The smallest absolute Gasteiger partial charge is 0.233 e. The van der Waals surface area contributed by atoms with Crippen molar-refractivity contribution in [3.63, 3.8) is 0 Å². The minimum atomic E-state index is -3.93. The van der Waals surface area contributed by atoms with E-state index in [0.717, 1.165) is 11.1 Å². The van der Waals surface area contributed by atoms with Gasteiger partial charge in [0.05, 0.1) is 10.9 Å². The summed E-state index contributed by atoms with van der Waals surface area (Å²) >= 11 is 6.02. The number of oxazole rings is 1. The summed E-state index contributed by atoms with van der Waals surface area (Å²) in [6, 6.07) is 21.9. The molecule has 0 aliphatic carbocycles. The van der Waals surface area contributed by atoms with Crippen LogP contribution in [0.25, 0.3) is 11.5 Å². The van der Waals surface area contributed by atoms with Crippen LogP contribution in [-0.2, 0) is 9.84 Å². The molecule has 1 unspecified atom stereocenters. The van der Waals surface area contributed by atoms with Gasteiger partial charge in [0.25, 0.3) is 0 Å². The fourth-order valence-electron chi connectivity index (χ4n) is 3.72. The molecule has 35 heavy (non-hydrogen) atoms. The summed E-state index contributed by atoms with van der Waals surface area (Å²) in [7, 11) is 0.0365. The maximum atomic E-state index is 13.6. The van der Waals surface area contributed by atoms with Crippen LogP contribution in [0.15, 0.2) is 87.1 Å². The van der Waals surface area contributed by atoms with Gasteiger partial charge in [-0.15, -0.1) is 0 Å². The van der Waals surface area contributed by atoms with Crippen LogP contribution < -0.4 is 5.32 Å². The van der Waals surface area contributed by atoms with Crippen molar-refractivity contribution in [2.24, 2.45) is 0 Å². The lowest BCUT2D eigenvalue weighted by Gasteiger charge is -2.25. The number of halogens is 1. The average molecular weight is 510 g/mol. The normalized spacial score (nSPS) is 12.6. The lowest BCUT2D eigenvalue weighted by molar-refractivity contribution is 0.310. The number of aryl methyl sites for hydroxylation is 2. The molecule has 0 bridgehead atoms. The summed E-state index contributed by atoms with van der Waals surface area (Å²) in [6.07, 6.45) is 0. The molecule has 3 aromatic carbocycles. The quantitative estimate of drug-likeness (QED) is 0.306. The summed E-state index contributed by atoms with van der Waals surface area (Å²) in [4.78, 5) is 6.64. The Morgan fingerprint density at radius 2 is 1.49 bits per heavy atom. The highest BCUT2D eigenvalue weighted by atomic mass is 35.5. The van der Waals surface area contributed by atoms with Gasteiger partial charge in [0.15, 0.2) is 0 Å². The van der Waals surface area contributed by atoms with E-state index in [2.05, 4.69) is 39.5 Å². The summed E-state index contributed by atoms with van der Waals surface area (Å²) in [5, 5.41) is 3.64. The SMILES string of the molecule is Cc1ccc(C(CNc2oc(-c3ccc(Cl)cc3)nc2S(=O)(=O)c2ccc(C)cc2)N(C)C)cc1. The minimum absolute atomic E-state index is 0.0189. The number of benzene rings is 3. The molecular formula is C27H28ClN3O3S. The molecule has 6 nitrogen and oxygen atoms in total. The van der Waals surface area contributed by atoms with Crippen molar-refractivity contribution in [2.45, 2.75) is 29.8 Å². The number of rotatable bonds is 8. The van der Waals surface area contributed by atoms with Crippen LogP contribution >= 0.6 is 11.6 Å². The van der Waals surface area contributed by atoms with Crippen LogP contribution in [0, 0.1) is 13.8 Å². The van der Waals surface area contributed by atoms with E-state index in [-0.39, 0.29) is 27.7 Å². The molecule has 1 heterocycles. The molecule has 4 aromatic rings. The summed E-state index contributed by atoms with van der Waals surface area (Å²) in [5.41, 5.74) is 3.88. The lowest BCUT2D eigenvalue weighted by Crippen LogP contribution is -2.27. The van der Waals surface area contributed by atoms with Crippen molar-refractivity contribution in [3.8, 4) is 11.5 Å². The average Bonchev–Trinajstić information content (AvgIpc) is 3.26. The van der Waals surface area contributed by atoms with Crippen molar-refractivity contribution in [1.29, 1.82) is 0 Å². The first-order valence-electron chi connectivity index (χ1n) is 11.2. The van der Waals surface area contributed by atoms with Crippen LogP contribution in [0.5, 0.6) is 0 Å². The van der Waals surface area contributed by atoms with Gasteiger partial charge >= 0.3 is 0 Å². The van der Waals surface area contributed by atoms with Crippen molar-refractivity contribution in [3.05, 3.63) is 94.5 Å². The fourth-order valence-corrected chi connectivity index (χ4v) is 5.13. The molecule has 0 aliphatic heterocycles. The number of likely N-dealkylation sites (N-methyl/N-ethyl adjacent to an activating group) is 1. The first-order valence-corrected chi connectivity index (χ1v) is 13.1. The van der Waals surface area contributed by atoms with Gasteiger partial charge < -0.3 is 14.6 Å². The van der Waals surface area contributed by atoms with Gasteiger partial charge in [0, 0.05) is 17.1 Å². The first-order chi connectivity index (χ1) is 16.6. The molecule has 0 radical (unpaired) electrons. The van der Waals surface area contributed by atoms with Gasteiger partial charge in [0.2, 0.25) is 26.6 Å². The van der Waals surface area contributed by atoms with E-state index in [9.17, 15) is 8.42 Å². The van der Waals surface area contributed by atoms with Crippen molar-refractivity contribution in [1.82, 2.24) is 9.88 Å². The zero-order valence-electron chi connectivity index (χ0n) is 20.1. The van der Waals surface area contributed by atoms with Crippen molar-refractivity contribution >= 4 is 27.3 Å². The second-order valence-corrected chi connectivity index (χ2v) is 11.0. The molecule has 1 N–H and O–H groups in total. The maximum Gasteiger partial charge on any atom is 0.233 e. The Bertz CT molecular complexity index is 1400. The van der Waals surface area contributed by atoms with E-state index in [4.69, 9.17) is 16.0 Å². The van der Waals surface area contributed by atoms with Crippen LogP contribution in [0.3, 0.4) is 0 Å². The van der Waals surface area contributed by atoms with Gasteiger partial charge in [-0.3, -0.25) is 0 Å². The molecule has 182 valence electrons. The Labute approximate surface area is 211 Å². The second-order valence-electron chi connectivity index (χ2n) is 8.75. The number of hydrogen-bond donors (Lipinski definition) is 1. The Kier molecular flexibility index (Phi) is 7.31. The van der Waals surface area contributed by atoms with E-state index in [1.807, 2.05) is 27.9 Å². The predicted octanol–water partition coefficient (Wildman–Crippen LogP) is 6.16. The topological polar surface area (TPSA) is 75.4 Å². The number of anilines is 1. The van der Waals surface area contributed by atoms with Crippen LogP contribution in [-0.4, -0.2) is 38.9 Å². The van der Waals surface area contributed by atoms with Gasteiger partial charge in [-0.1, -0.05) is 59.1 Å². The molecule has 0 saturated carbocycles. The van der Waals surface area contributed by atoms with Gasteiger partial charge in [-0.25, -0.2) is 8.42 Å². The van der Waals surface area contributed by atoms with Crippen LogP contribution in [0.4, 0.5) is 5.88 Å². The molecule has 1 aromatic heterocycles. The Hall–Kier alpha value is -3.13. The van der Waals surface area contributed by atoms with E-state index in [0.29, 0.717) is 17.1 Å². The third kappa shape index (κ3) is 5.59. The molecule has 0 spiro atoms. The van der Waals surface area contributed by atoms with E-state index >= 15 is 0 Å². The van der Waals surface area contributed by atoms with Crippen LogP contribution in [0.2, 0.25) is 5.02 Å². The van der Waals surface area contributed by atoms with E-state index < -0.39 is 9.84 Å². The Balaban J connectivity index is 1.73. The highest BCUT2D eigenvalue weighted by Gasteiger charge is 2.29. The number of nitrogens with zero attached hydrogens (tertiary/aromatic N) is 2. The van der Waals surface area contributed by atoms with E-state index in [1.165, 1.54) is 5.56 Å². The summed E-state index contributed by atoms with van der Waals surface area (Å²) in [6.45, 7) is 4.37. The van der Waals surface area contributed by atoms with Gasteiger partial charge in [-0.05, 0) is 69.9 Å². The molecule has 8 heteroatoms. The molecule has 0 amide bonds. The predicted molar refractivity (Wildman–Crippen MR) is 140 cm³/mol. The molecule has 1 atom stereocenters. The second kappa shape index (κ2) is 10.2. The minimum Gasteiger partial charge on any atom is -0.419 e. The number of aromatic nitrogens is 1. The highest BCUT2D eigenvalue weighted by molar-refractivity contribution is 7.91. The standard InChI is InChI=1S/C27H28ClN3O3S/c1-18-5-9-20(10-6-18)24(31(3)4)17-29-26-27(35(32,33)23-15-7-19(2)8-16-23)30-25(34-26)21-11-13-22(28)14-12-21/h5-16,24,29H,17H2,1-4H3. The van der Waals surface area contributed by atoms with Crippen molar-refractivity contribution in [2.75, 3.05) is 26.0 Å². The Morgan fingerprint density at radius 3 is 2.06 bits per heavy atom. The van der Waals surface area contributed by atoms with Crippen LogP contribution in [0.1, 0.15) is 22.7 Å². The molecule has 0 aliphatic rings. The molecule has 0 fully saturated rings. The number of nitrogens with one attached hydrogen (secondary N) is 1. The summed E-state index contributed by atoms with van der Waals surface area (Å²) in [5.74, 6) is 0.307. The third-order valence-electron chi connectivity index (χ3n) is 5.81. The Morgan fingerprint density at radius 1 is 0.914 bits per heavy atom. The largest absolute Gasteiger partial charge is 0.419 e. The number of hydrogen-bond acceptors (Lipinski definition) is 6. The highest BCUT2D eigenvalue weighted by Crippen LogP contribution is 2.33. The molecular weight excluding hydrogens is 482 g/mol. The van der Waals surface area contributed by atoms with E-state index in [1.54, 1.807) is 48.5 Å². The number of sulfone groups is 1. The monoisotopic (exact) mass is 509 g/mol. The lowest BCUT2D eigenvalue weighted by atomic mass is 10.0. The zero-order chi connectivity index (χ0) is 25.2. The zero-order valence-corrected chi connectivity index (χ0v) is 21.7. The molecule has 0 saturated heterocycles. The van der Waals surface area contributed by atoms with Crippen molar-refractivity contribution < 1.29 is 12.8 Å².